The summed E-state index contributed by atoms with van der Waals surface area (Å²) in [4.78, 5) is 38.7. The quantitative estimate of drug-likeness (QED) is 0.819. The highest BCUT2D eigenvalue weighted by molar-refractivity contribution is 8.13. The summed E-state index contributed by atoms with van der Waals surface area (Å²) >= 11 is 1.42. The SMILES string of the molecule is O=C(NC1=NC2(c3cnccn3)CN(C(=O)O)CC2CS1)c1ccccc1. The van der Waals surface area contributed by atoms with Gasteiger partial charge in [-0.1, -0.05) is 30.0 Å². The molecular weight excluding hydrogens is 366 g/mol. The number of hydrogen-bond donors (Lipinski definition) is 2. The Balaban J connectivity index is 1.68. The number of hydrogen-bond acceptors (Lipinski definition) is 6. The number of carbonyl (C=O) groups is 2. The lowest BCUT2D eigenvalue weighted by Crippen LogP contribution is -2.43. The molecule has 2 N–H and O–H groups in total. The van der Waals surface area contributed by atoms with Crippen LogP contribution in [0.15, 0.2) is 53.9 Å². The summed E-state index contributed by atoms with van der Waals surface area (Å²) in [7, 11) is 0. The number of thioether (sulfide) groups is 1. The van der Waals surface area contributed by atoms with E-state index >= 15 is 0 Å². The summed E-state index contributed by atoms with van der Waals surface area (Å²) in [6.07, 6.45) is 3.78. The van der Waals surface area contributed by atoms with Gasteiger partial charge in [0.25, 0.3) is 5.91 Å². The Morgan fingerprint density at radius 3 is 2.78 bits per heavy atom. The fraction of sp³-hybridized carbons (Fsp3) is 0.278. The Morgan fingerprint density at radius 2 is 2.07 bits per heavy atom. The highest BCUT2D eigenvalue weighted by Crippen LogP contribution is 2.44. The average molecular weight is 383 g/mol. The number of nitrogens with one attached hydrogen (secondary N) is 1. The number of amidine groups is 1. The molecule has 138 valence electrons. The molecule has 2 aliphatic rings. The molecular formula is C18H17N5O3S. The first-order valence-electron chi connectivity index (χ1n) is 8.42. The third-order valence-corrected chi connectivity index (χ3v) is 5.84. The van der Waals surface area contributed by atoms with Gasteiger partial charge in [-0.15, -0.1) is 0 Å². The maximum absolute atomic E-state index is 12.5. The van der Waals surface area contributed by atoms with E-state index < -0.39 is 11.6 Å². The molecule has 1 aromatic carbocycles. The normalized spacial score (nSPS) is 24.1. The molecule has 2 unspecified atom stereocenters. The predicted molar refractivity (Wildman–Crippen MR) is 101 cm³/mol. The zero-order valence-corrected chi connectivity index (χ0v) is 15.1. The smallest absolute Gasteiger partial charge is 0.407 e. The van der Waals surface area contributed by atoms with Crippen LogP contribution in [0.2, 0.25) is 0 Å². The summed E-state index contributed by atoms with van der Waals surface area (Å²) in [5.41, 5.74) is 0.317. The lowest BCUT2D eigenvalue weighted by Gasteiger charge is -2.34. The second kappa shape index (κ2) is 6.99. The van der Waals surface area contributed by atoms with E-state index in [1.54, 1.807) is 42.9 Å². The fourth-order valence-corrected chi connectivity index (χ4v) is 4.58. The Bertz CT molecular complexity index is 892. The van der Waals surface area contributed by atoms with E-state index in [-0.39, 0.29) is 18.4 Å². The number of aliphatic imine (C=N–C) groups is 1. The van der Waals surface area contributed by atoms with Gasteiger partial charge in [0.05, 0.1) is 18.4 Å². The average Bonchev–Trinajstić information content (AvgIpc) is 3.10. The van der Waals surface area contributed by atoms with Gasteiger partial charge in [-0.3, -0.25) is 14.8 Å². The van der Waals surface area contributed by atoms with Crippen LogP contribution in [0.1, 0.15) is 16.1 Å². The van der Waals surface area contributed by atoms with Crippen LogP contribution in [0.5, 0.6) is 0 Å². The van der Waals surface area contributed by atoms with Gasteiger partial charge in [0.1, 0.15) is 5.54 Å². The first-order chi connectivity index (χ1) is 13.1. The standard InChI is InChI=1S/C18H17N5O3S/c24-15(12-4-2-1-3-5-12)21-16-22-18(14-8-19-6-7-20-14)11-23(17(25)26)9-13(18)10-27-16/h1-8,13H,9-11H2,(H,25,26)(H,21,22,24). The number of nitrogens with zero attached hydrogens (tertiary/aromatic N) is 4. The summed E-state index contributed by atoms with van der Waals surface area (Å²) in [6, 6.07) is 8.89. The Morgan fingerprint density at radius 1 is 1.26 bits per heavy atom. The molecule has 2 amide bonds. The van der Waals surface area contributed by atoms with Crippen molar-refractivity contribution in [3.63, 3.8) is 0 Å². The molecule has 2 aliphatic heterocycles. The van der Waals surface area contributed by atoms with E-state index in [0.717, 1.165) is 0 Å². The van der Waals surface area contributed by atoms with Crippen LogP contribution >= 0.6 is 11.8 Å². The topological polar surface area (TPSA) is 108 Å². The zero-order valence-electron chi connectivity index (χ0n) is 14.3. The van der Waals surface area contributed by atoms with Gasteiger partial charge >= 0.3 is 6.09 Å². The van der Waals surface area contributed by atoms with Crippen molar-refractivity contribution in [3.05, 3.63) is 60.2 Å². The van der Waals surface area contributed by atoms with Crippen LogP contribution in [0.25, 0.3) is 0 Å². The number of carbonyl (C=O) groups excluding carboxylic acids is 1. The molecule has 1 fully saturated rings. The number of likely N-dealkylation sites (tertiary alicyclic amines) is 1. The molecule has 0 saturated carbocycles. The van der Waals surface area contributed by atoms with Crippen LogP contribution in [0.4, 0.5) is 4.79 Å². The number of rotatable bonds is 2. The first-order valence-corrected chi connectivity index (χ1v) is 9.40. The number of fused-ring (bicyclic) bond motifs is 1. The maximum Gasteiger partial charge on any atom is 0.407 e. The summed E-state index contributed by atoms with van der Waals surface area (Å²) in [6.45, 7) is 0.569. The van der Waals surface area contributed by atoms with Gasteiger partial charge in [0.15, 0.2) is 5.17 Å². The van der Waals surface area contributed by atoms with Gasteiger partial charge in [0.2, 0.25) is 0 Å². The molecule has 1 saturated heterocycles. The van der Waals surface area contributed by atoms with E-state index in [2.05, 4.69) is 15.3 Å². The second-order valence-corrected chi connectivity index (χ2v) is 7.43. The van der Waals surface area contributed by atoms with E-state index in [0.29, 0.717) is 28.7 Å². The van der Waals surface area contributed by atoms with Crippen LogP contribution in [0.3, 0.4) is 0 Å². The van der Waals surface area contributed by atoms with Gasteiger partial charge in [-0.05, 0) is 12.1 Å². The lowest BCUT2D eigenvalue weighted by molar-refractivity contribution is 0.0977. The molecule has 2 atom stereocenters. The van der Waals surface area contributed by atoms with Crippen molar-refractivity contribution in [1.82, 2.24) is 20.2 Å². The fourth-order valence-electron chi connectivity index (χ4n) is 3.45. The van der Waals surface area contributed by atoms with Crippen LogP contribution in [0, 0.1) is 5.92 Å². The van der Waals surface area contributed by atoms with Gasteiger partial charge < -0.3 is 15.3 Å². The third kappa shape index (κ3) is 3.25. The van der Waals surface area contributed by atoms with Crippen molar-refractivity contribution in [2.75, 3.05) is 18.8 Å². The minimum atomic E-state index is -0.984. The monoisotopic (exact) mass is 383 g/mol. The lowest BCUT2D eigenvalue weighted by atomic mass is 9.86. The minimum absolute atomic E-state index is 0.0346. The molecule has 4 rings (SSSR count). The van der Waals surface area contributed by atoms with Gasteiger partial charge in [0, 0.05) is 36.2 Å². The van der Waals surface area contributed by atoms with Crippen molar-refractivity contribution in [2.24, 2.45) is 10.9 Å². The second-order valence-electron chi connectivity index (χ2n) is 6.42. The molecule has 9 heteroatoms. The molecule has 0 radical (unpaired) electrons. The third-order valence-electron chi connectivity index (χ3n) is 4.80. The molecule has 1 aromatic heterocycles. The molecule has 3 heterocycles. The molecule has 8 nitrogen and oxygen atoms in total. The van der Waals surface area contributed by atoms with E-state index in [9.17, 15) is 14.7 Å². The Kier molecular flexibility index (Phi) is 4.53. The highest BCUT2D eigenvalue weighted by Gasteiger charge is 2.52. The molecule has 0 aliphatic carbocycles. The van der Waals surface area contributed by atoms with Crippen molar-refractivity contribution < 1.29 is 14.7 Å². The minimum Gasteiger partial charge on any atom is -0.465 e. The van der Waals surface area contributed by atoms with Crippen LogP contribution in [-0.2, 0) is 5.54 Å². The summed E-state index contributed by atoms with van der Waals surface area (Å²) in [5, 5.41) is 12.8. The van der Waals surface area contributed by atoms with E-state index in [4.69, 9.17) is 4.99 Å². The number of aromatic nitrogens is 2. The molecule has 0 spiro atoms. The Hall–Kier alpha value is -2.94. The molecule has 27 heavy (non-hydrogen) atoms. The highest BCUT2D eigenvalue weighted by atomic mass is 32.2. The van der Waals surface area contributed by atoms with Crippen LogP contribution < -0.4 is 5.32 Å². The predicted octanol–water partition coefficient (Wildman–Crippen LogP) is 1.81. The number of carboxylic acid groups (broad SMARTS) is 1. The van der Waals surface area contributed by atoms with Crippen molar-refractivity contribution in [3.8, 4) is 0 Å². The van der Waals surface area contributed by atoms with Gasteiger partial charge in [-0.2, -0.15) is 0 Å². The van der Waals surface area contributed by atoms with Crippen molar-refractivity contribution in [1.29, 1.82) is 0 Å². The summed E-state index contributed by atoms with van der Waals surface area (Å²) < 4.78 is 0. The number of amides is 2. The van der Waals surface area contributed by atoms with E-state index in [1.807, 2.05) is 6.07 Å². The van der Waals surface area contributed by atoms with Crippen molar-refractivity contribution in [2.45, 2.75) is 5.54 Å². The molecule has 2 aromatic rings. The number of benzene rings is 1. The first kappa shape index (κ1) is 17.5. The maximum atomic E-state index is 12.5. The van der Waals surface area contributed by atoms with E-state index in [1.165, 1.54) is 16.7 Å². The van der Waals surface area contributed by atoms with Crippen LogP contribution in [-0.4, -0.2) is 56.0 Å². The largest absolute Gasteiger partial charge is 0.465 e. The molecule has 0 bridgehead atoms. The Labute approximate surface area is 159 Å². The van der Waals surface area contributed by atoms with Gasteiger partial charge in [-0.25, -0.2) is 9.79 Å². The van der Waals surface area contributed by atoms with Crippen molar-refractivity contribution >= 4 is 28.9 Å². The zero-order chi connectivity index (χ0) is 18.9. The summed E-state index contributed by atoms with van der Waals surface area (Å²) in [5.74, 6) is 0.351.